The van der Waals surface area contributed by atoms with E-state index in [0.717, 1.165) is 10.5 Å². The van der Waals surface area contributed by atoms with E-state index >= 15 is 0 Å². The molecule has 4 rings (SSSR count). The number of ether oxygens (including phenoxy) is 1. The molecule has 0 spiro atoms. The molecule has 0 radical (unpaired) electrons. The topological polar surface area (TPSA) is 68.2 Å². The van der Waals surface area contributed by atoms with Crippen LogP contribution in [0.1, 0.15) is 5.56 Å². The van der Waals surface area contributed by atoms with E-state index < -0.39 is 11.0 Å². The fourth-order valence-corrected chi connectivity index (χ4v) is 3.86. The van der Waals surface area contributed by atoms with E-state index in [2.05, 4.69) is 15.0 Å². The van der Waals surface area contributed by atoms with E-state index in [1.807, 2.05) is 24.3 Å². The third-order valence-electron chi connectivity index (χ3n) is 3.44. The monoisotopic (exact) mass is 358 g/mol. The number of fused-ring (bicyclic) bond motifs is 1. The summed E-state index contributed by atoms with van der Waals surface area (Å²) in [5.74, 6) is 0.968. The summed E-state index contributed by atoms with van der Waals surface area (Å²) in [5, 5.41) is 0.458. The predicted molar refractivity (Wildman–Crippen MR) is 90.4 cm³/mol. The molecule has 1 unspecified atom stereocenters. The van der Waals surface area contributed by atoms with Crippen LogP contribution in [0, 0.1) is 0 Å². The van der Waals surface area contributed by atoms with Crippen molar-refractivity contribution in [3.63, 3.8) is 0 Å². The first-order valence-corrected chi connectivity index (χ1v) is 8.58. The maximum Gasteiger partial charge on any atom is 0.323 e. The zero-order valence-electron chi connectivity index (χ0n) is 12.3. The molecule has 3 heterocycles. The lowest BCUT2D eigenvalue weighted by atomic mass is 10.2. The number of aromatic nitrogens is 3. The van der Waals surface area contributed by atoms with Gasteiger partial charge in [-0.15, -0.1) is 0 Å². The molecule has 0 saturated heterocycles. The molecule has 0 saturated carbocycles. The molecule has 2 aromatic heterocycles. The first kappa shape index (κ1) is 15.0. The van der Waals surface area contributed by atoms with Crippen LogP contribution in [0.15, 0.2) is 59.9 Å². The second kappa shape index (κ2) is 6.18. The minimum absolute atomic E-state index is 0.143. The van der Waals surface area contributed by atoms with Crippen LogP contribution in [0.3, 0.4) is 0 Å². The number of benzene rings is 1. The molecule has 120 valence electrons. The number of halogens is 1. The van der Waals surface area contributed by atoms with Gasteiger partial charge in [0.15, 0.2) is 16.7 Å². The molecule has 0 N–H and O–H groups in total. The first-order chi connectivity index (χ1) is 11.7. The quantitative estimate of drug-likeness (QED) is 0.718. The molecular formula is C16H11ClN4O2S. The smallest absolute Gasteiger partial charge is 0.323 e. The number of hydrogen-bond acceptors (Lipinski definition) is 5. The van der Waals surface area contributed by atoms with E-state index in [9.17, 15) is 4.21 Å². The van der Waals surface area contributed by atoms with Gasteiger partial charge in [-0.25, -0.2) is 9.19 Å². The van der Waals surface area contributed by atoms with Crippen molar-refractivity contribution in [3.05, 3.63) is 65.6 Å². The maximum absolute atomic E-state index is 12.6. The number of nitrogens with zero attached hydrogens (tertiary/aromatic N) is 4. The van der Waals surface area contributed by atoms with Crippen molar-refractivity contribution in [2.45, 2.75) is 11.4 Å². The van der Waals surface area contributed by atoms with E-state index in [4.69, 9.17) is 16.3 Å². The van der Waals surface area contributed by atoms with Crippen molar-refractivity contribution in [2.75, 3.05) is 4.31 Å². The van der Waals surface area contributed by atoms with Crippen LogP contribution in [0.4, 0.5) is 5.82 Å². The summed E-state index contributed by atoms with van der Waals surface area (Å²) < 4.78 is 19.9. The molecular weight excluding hydrogens is 348 g/mol. The van der Waals surface area contributed by atoms with Crippen LogP contribution in [0.5, 0.6) is 11.8 Å². The van der Waals surface area contributed by atoms with Crippen molar-refractivity contribution < 1.29 is 8.95 Å². The SMILES string of the molecule is O=S1c2ccccc2CN1c1ccnc(Oc2cncc(Cl)c2)n1. The lowest BCUT2D eigenvalue weighted by Gasteiger charge is -2.15. The molecule has 1 aromatic carbocycles. The minimum atomic E-state index is -1.29. The minimum Gasteiger partial charge on any atom is -0.423 e. The van der Waals surface area contributed by atoms with E-state index in [0.29, 0.717) is 23.1 Å². The van der Waals surface area contributed by atoms with E-state index in [1.165, 1.54) is 12.4 Å². The van der Waals surface area contributed by atoms with Gasteiger partial charge in [0.05, 0.1) is 22.7 Å². The lowest BCUT2D eigenvalue weighted by Crippen LogP contribution is -2.19. The molecule has 0 amide bonds. The van der Waals surface area contributed by atoms with Crippen molar-refractivity contribution in [1.29, 1.82) is 0 Å². The van der Waals surface area contributed by atoms with Crippen LogP contribution in [0.25, 0.3) is 0 Å². The van der Waals surface area contributed by atoms with Gasteiger partial charge in [0.1, 0.15) is 5.82 Å². The first-order valence-electron chi connectivity index (χ1n) is 7.09. The normalized spacial score (nSPS) is 16.0. The van der Waals surface area contributed by atoms with Crippen LogP contribution >= 0.6 is 11.6 Å². The van der Waals surface area contributed by atoms with Gasteiger partial charge in [-0.1, -0.05) is 29.8 Å². The van der Waals surface area contributed by atoms with Gasteiger partial charge in [-0.05, 0) is 11.6 Å². The number of hydrogen-bond donors (Lipinski definition) is 0. The fraction of sp³-hybridized carbons (Fsp3) is 0.0625. The Morgan fingerprint density at radius 2 is 2.08 bits per heavy atom. The van der Waals surface area contributed by atoms with Gasteiger partial charge in [-0.2, -0.15) is 4.98 Å². The van der Waals surface area contributed by atoms with Gasteiger partial charge < -0.3 is 4.74 Å². The zero-order valence-corrected chi connectivity index (χ0v) is 13.9. The van der Waals surface area contributed by atoms with Crippen LogP contribution in [-0.2, 0) is 17.5 Å². The van der Waals surface area contributed by atoms with Crippen LogP contribution < -0.4 is 9.04 Å². The Bertz CT molecular complexity index is 937. The third-order valence-corrected chi connectivity index (χ3v) is 5.14. The van der Waals surface area contributed by atoms with Crippen molar-refractivity contribution in [1.82, 2.24) is 15.0 Å². The molecule has 24 heavy (non-hydrogen) atoms. The Hall–Kier alpha value is -2.51. The van der Waals surface area contributed by atoms with Crippen molar-refractivity contribution in [3.8, 4) is 11.8 Å². The average molecular weight is 359 g/mol. The Balaban J connectivity index is 1.61. The Morgan fingerprint density at radius 1 is 1.21 bits per heavy atom. The molecule has 1 atom stereocenters. The molecule has 1 aliphatic heterocycles. The predicted octanol–water partition coefficient (Wildman–Crippen LogP) is 3.36. The van der Waals surface area contributed by atoms with Crippen molar-refractivity contribution in [2.24, 2.45) is 0 Å². The summed E-state index contributed by atoms with van der Waals surface area (Å²) in [6, 6.07) is 11.1. The highest BCUT2D eigenvalue weighted by atomic mass is 35.5. The maximum atomic E-state index is 12.6. The summed E-state index contributed by atoms with van der Waals surface area (Å²) in [6.07, 6.45) is 4.60. The second-order valence-electron chi connectivity index (χ2n) is 5.03. The van der Waals surface area contributed by atoms with E-state index in [1.54, 1.807) is 22.6 Å². The molecule has 6 nitrogen and oxygen atoms in total. The number of pyridine rings is 1. The summed E-state index contributed by atoms with van der Waals surface area (Å²) in [7, 11) is -1.29. The molecule has 8 heteroatoms. The Labute approximate surface area is 145 Å². The number of rotatable bonds is 3. The standard InChI is InChI=1S/C16H11ClN4O2S/c17-12-7-13(9-18-8-12)23-16-19-6-5-15(20-16)21-10-11-3-1-2-4-14(11)24(21)22/h1-9H,10H2. The van der Waals surface area contributed by atoms with Gasteiger partial charge >= 0.3 is 6.01 Å². The van der Waals surface area contributed by atoms with Crippen LogP contribution in [0.2, 0.25) is 5.02 Å². The fourth-order valence-electron chi connectivity index (χ4n) is 2.38. The Morgan fingerprint density at radius 3 is 2.92 bits per heavy atom. The van der Waals surface area contributed by atoms with Gasteiger partial charge in [0.2, 0.25) is 0 Å². The third kappa shape index (κ3) is 2.83. The summed E-state index contributed by atoms with van der Waals surface area (Å²) >= 11 is 5.88. The summed E-state index contributed by atoms with van der Waals surface area (Å²) in [6.45, 7) is 0.526. The van der Waals surface area contributed by atoms with E-state index in [-0.39, 0.29) is 6.01 Å². The molecule has 0 aliphatic carbocycles. The zero-order chi connectivity index (χ0) is 16.5. The van der Waals surface area contributed by atoms with Crippen molar-refractivity contribution >= 4 is 28.4 Å². The van der Waals surface area contributed by atoms with Gasteiger partial charge in [0, 0.05) is 24.5 Å². The van der Waals surface area contributed by atoms with Gasteiger partial charge in [0.25, 0.3) is 0 Å². The van der Waals surface area contributed by atoms with Gasteiger partial charge in [-0.3, -0.25) is 9.29 Å². The lowest BCUT2D eigenvalue weighted by molar-refractivity contribution is 0.440. The largest absolute Gasteiger partial charge is 0.423 e. The molecule has 0 fully saturated rings. The Kier molecular flexibility index (Phi) is 3.87. The highest BCUT2D eigenvalue weighted by Gasteiger charge is 2.28. The highest BCUT2D eigenvalue weighted by molar-refractivity contribution is 7.86. The number of anilines is 1. The highest BCUT2D eigenvalue weighted by Crippen LogP contribution is 2.31. The molecule has 1 aliphatic rings. The molecule has 3 aromatic rings. The summed E-state index contributed by atoms with van der Waals surface area (Å²) in [5.41, 5.74) is 1.02. The average Bonchev–Trinajstić information content (AvgIpc) is 2.93. The van der Waals surface area contributed by atoms with Crippen LogP contribution in [-0.4, -0.2) is 19.2 Å². The second-order valence-corrected chi connectivity index (χ2v) is 6.85. The summed E-state index contributed by atoms with van der Waals surface area (Å²) in [4.78, 5) is 13.2. The molecule has 0 bridgehead atoms.